The molecular weight excluding hydrogens is 256 g/mol. The van der Waals surface area contributed by atoms with Crippen molar-refractivity contribution in [1.29, 1.82) is 0 Å². The minimum atomic E-state index is -1.11. The van der Waals surface area contributed by atoms with Crippen LogP contribution in [0.15, 0.2) is 0 Å². The van der Waals surface area contributed by atoms with E-state index >= 15 is 0 Å². The van der Waals surface area contributed by atoms with E-state index < -0.39 is 8.07 Å². The second kappa shape index (κ2) is 6.26. The Bertz CT molecular complexity index is 317. The number of rotatable bonds is 4. The van der Waals surface area contributed by atoms with E-state index in [1.807, 2.05) is 0 Å². The lowest BCUT2D eigenvalue weighted by Gasteiger charge is -2.30. The highest BCUT2D eigenvalue weighted by molar-refractivity contribution is 6.76. The zero-order chi connectivity index (χ0) is 13.9. The fourth-order valence-corrected chi connectivity index (χ4v) is 3.87. The zero-order valence-corrected chi connectivity index (χ0v) is 13.5. The molecule has 0 bridgehead atoms. The highest BCUT2D eigenvalue weighted by atomic mass is 28.3. The molecule has 3 atom stereocenters. The van der Waals surface area contributed by atoms with Gasteiger partial charge in [-0.2, -0.15) is 0 Å². The number of carbonyl (C=O) groups excluding carboxylic acids is 1. The molecule has 1 saturated heterocycles. The van der Waals surface area contributed by atoms with E-state index in [-0.39, 0.29) is 12.1 Å². The van der Waals surface area contributed by atoms with Crippen molar-refractivity contribution in [3.8, 4) is 0 Å². The molecule has 0 spiro atoms. The minimum Gasteiger partial charge on any atom is -0.450 e. The molecule has 0 aromatic heterocycles. The number of hydrogen-bond acceptors (Lipinski definition) is 3. The first-order valence-electron chi connectivity index (χ1n) is 7.62. The summed E-state index contributed by atoms with van der Waals surface area (Å²) in [5.74, 6) is 0.751. The molecule has 1 heterocycles. The van der Waals surface area contributed by atoms with Gasteiger partial charge in [0.05, 0.1) is 6.61 Å². The summed E-state index contributed by atoms with van der Waals surface area (Å²) < 4.78 is 5.32. The van der Waals surface area contributed by atoms with Crippen LogP contribution in [0.5, 0.6) is 0 Å². The van der Waals surface area contributed by atoms with Gasteiger partial charge in [0.25, 0.3) is 0 Å². The van der Waals surface area contributed by atoms with Crippen LogP contribution in [-0.2, 0) is 4.74 Å². The average Bonchev–Trinajstić information content (AvgIpc) is 2.71. The third-order valence-electron chi connectivity index (χ3n) is 4.31. The summed E-state index contributed by atoms with van der Waals surface area (Å²) in [4.78, 5) is 11.8. The molecule has 1 aliphatic heterocycles. The number of amides is 1. The Morgan fingerprint density at radius 1 is 1.32 bits per heavy atom. The van der Waals surface area contributed by atoms with E-state index in [1.165, 1.54) is 19.3 Å². The van der Waals surface area contributed by atoms with Gasteiger partial charge in [-0.1, -0.05) is 19.6 Å². The monoisotopic (exact) mass is 284 g/mol. The first kappa shape index (κ1) is 14.8. The summed E-state index contributed by atoms with van der Waals surface area (Å²) >= 11 is 0. The van der Waals surface area contributed by atoms with E-state index in [4.69, 9.17) is 4.74 Å². The number of hydrogen-bond donors (Lipinski definition) is 2. The van der Waals surface area contributed by atoms with Gasteiger partial charge in [0.2, 0.25) is 0 Å². The molecule has 1 amide bonds. The highest BCUT2D eigenvalue weighted by Crippen LogP contribution is 2.32. The summed E-state index contributed by atoms with van der Waals surface area (Å²) in [6.45, 7) is 8.53. The van der Waals surface area contributed by atoms with Crippen molar-refractivity contribution < 1.29 is 9.53 Å². The van der Waals surface area contributed by atoms with Crippen LogP contribution in [0, 0.1) is 5.92 Å². The third kappa shape index (κ3) is 4.49. The van der Waals surface area contributed by atoms with Crippen molar-refractivity contribution in [3.05, 3.63) is 0 Å². The maximum atomic E-state index is 11.8. The van der Waals surface area contributed by atoms with Crippen LogP contribution in [0.25, 0.3) is 0 Å². The fourth-order valence-electron chi connectivity index (χ4n) is 3.15. The van der Waals surface area contributed by atoms with Crippen molar-refractivity contribution in [3.63, 3.8) is 0 Å². The number of piperidine rings is 1. The Hall–Kier alpha value is -0.553. The lowest BCUT2D eigenvalue weighted by molar-refractivity contribution is 0.144. The molecule has 2 fully saturated rings. The normalized spacial score (nSPS) is 30.8. The Labute approximate surface area is 117 Å². The Morgan fingerprint density at radius 3 is 2.84 bits per heavy atom. The van der Waals surface area contributed by atoms with E-state index in [0.717, 1.165) is 24.9 Å². The zero-order valence-electron chi connectivity index (χ0n) is 12.5. The van der Waals surface area contributed by atoms with Gasteiger partial charge in [0.1, 0.15) is 0 Å². The summed E-state index contributed by atoms with van der Waals surface area (Å²) in [5.41, 5.74) is 0. The average molecular weight is 284 g/mol. The first-order chi connectivity index (χ1) is 8.96. The second-order valence-corrected chi connectivity index (χ2v) is 12.8. The lowest BCUT2D eigenvalue weighted by Crippen LogP contribution is -2.51. The van der Waals surface area contributed by atoms with Gasteiger partial charge < -0.3 is 15.4 Å². The predicted molar refractivity (Wildman–Crippen MR) is 80.2 cm³/mol. The third-order valence-corrected chi connectivity index (χ3v) is 6.01. The summed E-state index contributed by atoms with van der Waals surface area (Å²) in [7, 11) is -1.11. The van der Waals surface area contributed by atoms with Crippen LogP contribution in [0.2, 0.25) is 25.7 Å². The van der Waals surface area contributed by atoms with E-state index in [1.54, 1.807) is 0 Å². The summed E-state index contributed by atoms with van der Waals surface area (Å²) in [5, 5.41) is 6.61. The lowest BCUT2D eigenvalue weighted by atomic mass is 9.93. The van der Waals surface area contributed by atoms with Gasteiger partial charge in [0.15, 0.2) is 0 Å². The Balaban J connectivity index is 1.70. The summed E-state index contributed by atoms with van der Waals surface area (Å²) in [6.07, 6.45) is 4.68. The molecule has 5 heteroatoms. The summed E-state index contributed by atoms with van der Waals surface area (Å²) in [6, 6.07) is 1.78. The number of alkyl carbamates (subject to hydrolysis) is 1. The molecular formula is C14H28N2O2Si. The van der Waals surface area contributed by atoms with Crippen molar-refractivity contribution in [2.45, 2.75) is 63.5 Å². The molecule has 2 rings (SSSR count). The topological polar surface area (TPSA) is 50.4 Å². The van der Waals surface area contributed by atoms with E-state index in [0.29, 0.717) is 12.6 Å². The van der Waals surface area contributed by atoms with Crippen molar-refractivity contribution in [2.75, 3.05) is 13.2 Å². The molecule has 3 unspecified atom stereocenters. The SMILES string of the molecule is C[Si](C)(C)CCOC(=O)NC1CCC2CCCNC21. The molecule has 2 aliphatic rings. The van der Waals surface area contributed by atoms with Crippen molar-refractivity contribution >= 4 is 14.2 Å². The number of nitrogens with one attached hydrogen (secondary N) is 2. The molecule has 110 valence electrons. The van der Waals surface area contributed by atoms with Crippen molar-refractivity contribution in [1.82, 2.24) is 10.6 Å². The maximum Gasteiger partial charge on any atom is 0.407 e. The van der Waals surface area contributed by atoms with Gasteiger partial charge in [-0.3, -0.25) is 0 Å². The van der Waals surface area contributed by atoms with Crippen LogP contribution < -0.4 is 10.6 Å². The highest BCUT2D eigenvalue weighted by Gasteiger charge is 2.38. The largest absolute Gasteiger partial charge is 0.450 e. The second-order valence-electron chi connectivity index (χ2n) is 7.16. The van der Waals surface area contributed by atoms with Gasteiger partial charge in [-0.25, -0.2) is 4.79 Å². The van der Waals surface area contributed by atoms with Crippen molar-refractivity contribution in [2.24, 2.45) is 5.92 Å². The Kier molecular flexibility index (Phi) is 4.90. The number of carbonyl (C=O) groups is 1. The fraction of sp³-hybridized carbons (Fsp3) is 0.929. The van der Waals surface area contributed by atoms with Gasteiger partial charge in [0, 0.05) is 20.2 Å². The quantitative estimate of drug-likeness (QED) is 0.780. The molecule has 2 N–H and O–H groups in total. The van der Waals surface area contributed by atoms with Crippen LogP contribution in [0.4, 0.5) is 4.79 Å². The Morgan fingerprint density at radius 2 is 2.11 bits per heavy atom. The predicted octanol–water partition coefficient (Wildman–Crippen LogP) is 2.58. The van der Waals surface area contributed by atoms with Crippen LogP contribution in [0.3, 0.4) is 0 Å². The molecule has 0 aromatic rings. The smallest absolute Gasteiger partial charge is 0.407 e. The molecule has 0 aromatic carbocycles. The van der Waals surface area contributed by atoms with E-state index in [2.05, 4.69) is 30.3 Å². The molecule has 4 nitrogen and oxygen atoms in total. The standard InChI is InChI=1S/C14H28N2O2Si/c1-19(2,3)10-9-18-14(17)16-12-7-6-11-5-4-8-15-13(11)12/h11-13,15H,4-10H2,1-3H3,(H,16,17). The molecule has 0 radical (unpaired) electrons. The minimum absolute atomic E-state index is 0.226. The maximum absolute atomic E-state index is 11.8. The number of ether oxygens (including phenoxy) is 1. The van der Waals surface area contributed by atoms with Crippen LogP contribution in [0.1, 0.15) is 25.7 Å². The first-order valence-corrected chi connectivity index (χ1v) is 11.3. The van der Waals surface area contributed by atoms with E-state index in [9.17, 15) is 4.79 Å². The van der Waals surface area contributed by atoms with Gasteiger partial charge in [-0.15, -0.1) is 0 Å². The van der Waals surface area contributed by atoms with Crippen LogP contribution in [-0.4, -0.2) is 39.4 Å². The number of fused-ring (bicyclic) bond motifs is 1. The molecule has 1 aliphatic carbocycles. The van der Waals surface area contributed by atoms with Crippen LogP contribution >= 0.6 is 0 Å². The molecule has 1 saturated carbocycles. The molecule has 19 heavy (non-hydrogen) atoms. The van der Waals surface area contributed by atoms with Gasteiger partial charge in [-0.05, 0) is 44.2 Å². The van der Waals surface area contributed by atoms with Gasteiger partial charge >= 0.3 is 6.09 Å².